The number of hydrogen-bond acceptors (Lipinski definition) is 1. The molecule has 0 aromatic rings. The number of hydrogen-bond donors (Lipinski definition) is 1. The molecule has 0 saturated carbocycles. The van der Waals surface area contributed by atoms with Gasteiger partial charge in [0.05, 0.1) is 0 Å². The van der Waals surface area contributed by atoms with Gasteiger partial charge in [-0.05, 0) is 6.92 Å². The van der Waals surface area contributed by atoms with Crippen molar-refractivity contribution in [1.29, 1.82) is 0 Å². The molecule has 80 valence electrons. The number of rotatable bonds is 3. The SMILES string of the molecule is CC(=CC(F)(F)C(F)=C(F)F)C(=O)O. The Labute approximate surface area is 75.3 Å². The monoisotopic (exact) mass is 216 g/mol. The van der Waals surface area contributed by atoms with E-state index >= 15 is 0 Å². The topological polar surface area (TPSA) is 37.3 Å². The van der Waals surface area contributed by atoms with Crippen molar-refractivity contribution in [3.63, 3.8) is 0 Å². The van der Waals surface area contributed by atoms with Gasteiger partial charge in [0.1, 0.15) is 0 Å². The van der Waals surface area contributed by atoms with Crippen LogP contribution in [0.4, 0.5) is 22.0 Å². The van der Waals surface area contributed by atoms with E-state index in [9.17, 15) is 26.7 Å². The molecule has 0 saturated heterocycles. The lowest BCUT2D eigenvalue weighted by molar-refractivity contribution is -0.132. The van der Waals surface area contributed by atoms with Crippen molar-refractivity contribution >= 4 is 5.97 Å². The molecule has 0 atom stereocenters. The maximum Gasteiger partial charge on any atom is 0.331 e. The fourth-order valence-corrected chi connectivity index (χ4v) is 0.523. The lowest BCUT2D eigenvalue weighted by Crippen LogP contribution is -2.16. The third-order valence-electron chi connectivity index (χ3n) is 1.19. The maximum atomic E-state index is 12.4. The fraction of sp³-hybridized carbons (Fsp3) is 0.286. The highest BCUT2D eigenvalue weighted by atomic mass is 19.3. The summed E-state index contributed by atoms with van der Waals surface area (Å²) in [4.78, 5) is 10.0. The molecule has 0 bridgehead atoms. The van der Waals surface area contributed by atoms with Crippen LogP contribution in [0.5, 0.6) is 0 Å². The average Bonchev–Trinajstić information content (AvgIpc) is 2.01. The summed E-state index contributed by atoms with van der Waals surface area (Å²) < 4.78 is 59.8. The van der Waals surface area contributed by atoms with Crippen LogP contribution in [0.25, 0.3) is 0 Å². The number of aliphatic carboxylic acids is 1. The minimum Gasteiger partial charge on any atom is -0.478 e. The minimum atomic E-state index is -4.60. The molecule has 7 heteroatoms. The Bertz CT molecular complexity index is 301. The molecule has 14 heavy (non-hydrogen) atoms. The molecule has 1 N–H and O–H groups in total. The van der Waals surface area contributed by atoms with Crippen molar-refractivity contribution in [2.24, 2.45) is 0 Å². The lowest BCUT2D eigenvalue weighted by atomic mass is 10.2. The van der Waals surface area contributed by atoms with Crippen LogP contribution in [-0.4, -0.2) is 17.0 Å². The van der Waals surface area contributed by atoms with Gasteiger partial charge in [0.2, 0.25) is 5.83 Å². The molecular weight excluding hydrogens is 211 g/mol. The zero-order chi connectivity index (χ0) is 11.5. The Kier molecular flexibility index (Phi) is 3.79. The van der Waals surface area contributed by atoms with Crippen LogP contribution in [0.2, 0.25) is 0 Å². The van der Waals surface area contributed by atoms with Gasteiger partial charge in [0.15, 0.2) is 0 Å². The first kappa shape index (κ1) is 12.6. The number of halogens is 5. The minimum absolute atomic E-state index is 0.385. The van der Waals surface area contributed by atoms with Crippen LogP contribution in [0, 0.1) is 0 Å². The molecular formula is C7H5F5O2. The Balaban J connectivity index is 5.10. The summed E-state index contributed by atoms with van der Waals surface area (Å²) in [6.07, 6.45) is -3.56. The van der Waals surface area contributed by atoms with Gasteiger partial charge in [0.25, 0.3) is 0 Å². The summed E-state index contributed by atoms with van der Waals surface area (Å²) in [5.74, 6) is -9.28. The third kappa shape index (κ3) is 3.15. The molecule has 0 aromatic carbocycles. The second kappa shape index (κ2) is 4.21. The summed E-state index contributed by atoms with van der Waals surface area (Å²) in [5.41, 5.74) is -0.925. The van der Waals surface area contributed by atoms with E-state index in [0.717, 1.165) is 6.92 Å². The van der Waals surface area contributed by atoms with Crippen molar-refractivity contribution in [2.45, 2.75) is 12.8 Å². The van der Waals surface area contributed by atoms with Crippen LogP contribution in [0.15, 0.2) is 23.6 Å². The largest absolute Gasteiger partial charge is 0.478 e. The zero-order valence-electron chi connectivity index (χ0n) is 6.82. The average molecular weight is 216 g/mol. The van der Waals surface area contributed by atoms with Gasteiger partial charge < -0.3 is 5.11 Å². The second-order valence-electron chi connectivity index (χ2n) is 2.33. The molecule has 0 radical (unpaired) electrons. The van der Waals surface area contributed by atoms with Gasteiger partial charge in [-0.2, -0.15) is 22.0 Å². The highest BCUT2D eigenvalue weighted by Crippen LogP contribution is 2.31. The predicted molar refractivity (Wildman–Crippen MR) is 36.7 cm³/mol. The molecule has 0 aliphatic rings. The number of carboxylic acid groups (broad SMARTS) is 1. The first-order chi connectivity index (χ1) is 6.18. The van der Waals surface area contributed by atoms with Gasteiger partial charge in [-0.25, -0.2) is 4.79 Å². The van der Waals surface area contributed by atoms with E-state index in [0.29, 0.717) is 0 Å². The standard InChI is InChI=1S/C7H5F5O2/c1-3(6(13)14)2-7(11,12)4(8)5(9)10/h2H,1H3,(H,13,14). The quantitative estimate of drug-likeness (QED) is 0.581. The highest BCUT2D eigenvalue weighted by Gasteiger charge is 2.37. The number of carbonyl (C=O) groups is 1. The van der Waals surface area contributed by atoms with Crippen molar-refractivity contribution in [1.82, 2.24) is 0 Å². The molecule has 0 fully saturated rings. The van der Waals surface area contributed by atoms with E-state index in [2.05, 4.69) is 0 Å². The molecule has 0 rings (SSSR count). The van der Waals surface area contributed by atoms with Crippen molar-refractivity contribution in [3.05, 3.63) is 23.6 Å². The third-order valence-corrected chi connectivity index (χ3v) is 1.19. The number of alkyl halides is 2. The van der Waals surface area contributed by atoms with E-state index < -0.39 is 29.4 Å². The van der Waals surface area contributed by atoms with Crippen LogP contribution in [0.1, 0.15) is 6.92 Å². The van der Waals surface area contributed by atoms with Crippen LogP contribution >= 0.6 is 0 Å². The summed E-state index contributed by atoms with van der Waals surface area (Å²) in [5, 5.41) is 8.14. The molecule has 0 aliphatic heterocycles. The second-order valence-corrected chi connectivity index (χ2v) is 2.33. The van der Waals surface area contributed by atoms with Crippen LogP contribution in [0.3, 0.4) is 0 Å². The molecule has 0 aromatic heterocycles. The van der Waals surface area contributed by atoms with E-state index in [1.54, 1.807) is 0 Å². The van der Waals surface area contributed by atoms with Gasteiger partial charge in [0, 0.05) is 11.6 Å². The zero-order valence-corrected chi connectivity index (χ0v) is 6.82. The highest BCUT2D eigenvalue weighted by molar-refractivity contribution is 5.86. The van der Waals surface area contributed by atoms with E-state index in [-0.39, 0.29) is 6.08 Å². The number of allylic oxidation sites excluding steroid dienone is 2. The van der Waals surface area contributed by atoms with Gasteiger partial charge >= 0.3 is 18.0 Å². The van der Waals surface area contributed by atoms with E-state index in [4.69, 9.17) is 5.11 Å². The molecule has 0 heterocycles. The molecule has 2 nitrogen and oxygen atoms in total. The lowest BCUT2D eigenvalue weighted by Gasteiger charge is -2.08. The summed E-state index contributed by atoms with van der Waals surface area (Å²) >= 11 is 0. The summed E-state index contributed by atoms with van der Waals surface area (Å²) in [6.45, 7) is 0.736. The van der Waals surface area contributed by atoms with E-state index in [1.165, 1.54) is 0 Å². The molecule has 0 unspecified atom stereocenters. The van der Waals surface area contributed by atoms with Crippen LogP contribution < -0.4 is 0 Å². The van der Waals surface area contributed by atoms with E-state index in [1.807, 2.05) is 0 Å². The Hall–Kier alpha value is -1.40. The Morgan fingerprint density at radius 1 is 1.29 bits per heavy atom. The van der Waals surface area contributed by atoms with Crippen molar-refractivity contribution in [2.75, 3.05) is 0 Å². The first-order valence-corrected chi connectivity index (χ1v) is 3.20. The maximum absolute atomic E-state index is 12.4. The van der Waals surface area contributed by atoms with Crippen molar-refractivity contribution in [3.8, 4) is 0 Å². The van der Waals surface area contributed by atoms with Crippen molar-refractivity contribution < 1.29 is 31.9 Å². The van der Waals surface area contributed by atoms with Gasteiger partial charge in [-0.3, -0.25) is 0 Å². The Morgan fingerprint density at radius 2 is 1.71 bits per heavy atom. The molecule has 0 spiro atoms. The first-order valence-electron chi connectivity index (χ1n) is 3.20. The predicted octanol–water partition coefficient (Wildman–Crippen LogP) is 2.73. The molecule has 0 aliphatic carbocycles. The summed E-state index contributed by atoms with van der Waals surface area (Å²) in [7, 11) is 0. The fourth-order valence-electron chi connectivity index (χ4n) is 0.523. The molecule has 0 amide bonds. The number of carboxylic acids is 1. The Morgan fingerprint density at radius 3 is 2.00 bits per heavy atom. The van der Waals surface area contributed by atoms with Gasteiger partial charge in [-0.15, -0.1) is 0 Å². The normalized spacial score (nSPS) is 12.6. The smallest absolute Gasteiger partial charge is 0.331 e. The van der Waals surface area contributed by atoms with Gasteiger partial charge in [-0.1, -0.05) is 0 Å². The summed E-state index contributed by atoms with van der Waals surface area (Å²) in [6, 6.07) is 0. The van der Waals surface area contributed by atoms with Crippen LogP contribution in [-0.2, 0) is 4.79 Å².